The molecular weight excluding hydrogens is 246 g/mol. The molecule has 0 bridgehead atoms. The maximum Gasteiger partial charge on any atom is 0.251 e. The Bertz CT molecular complexity index is 447. The predicted octanol–water partition coefficient (Wildman–Crippen LogP) is 2.71. The molecule has 1 aliphatic carbocycles. The quantitative estimate of drug-likeness (QED) is 0.883. The fraction of sp³-hybridized carbons (Fsp3) is 0.500. The first-order valence-electron chi connectivity index (χ1n) is 6.25. The number of hydrogen-bond donors (Lipinski definition) is 2. The first-order valence-corrected chi connectivity index (χ1v) is 7.54. The molecule has 1 saturated carbocycles. The topological polar surface area (TPSA) is 49.3 Å². The van der Waals surface area contributed by atoms with Crippen LogP contribution in [0.2, 0.25) is 0 Å². The van der Waals surface area contributed by atoms with Gasteiger partial charge in [-0.15, -0.1) is 0 Å². The third-order valence-electron chi connectivity index (χ3n) is 3.54. The highest BCUT2D eigenvalue weighted by Crippen LogP contribution is 2.28. The minimum absolute atomic E-state index is 0.0868. The van der Waals surface area contributed by atoms with Crippen LogP contribution in [0.15, 0.2) is 18.2 Å². The summed E-state index contributed by atoms with van der Waals surface area (Å²) >= 11 is 1.82. The molecule has 98 valence electrons. The van der Waals surface area contributed by atoms with Crippen molar-refractivity contribution in [2.45, 2.75) is 37.5 Å². The summed E-state index contributed by atoms with van der Waals surface area (Å²) in [5, 5.41) is 13.2. The van der Waals surface area contributed by atoms with E-state index in [0.717, 1.165) is 12.0 Å². The molecule has 2 rings (SSSR count). The van der Waals surface area contributed by atoms with Crippen LogP contribution < -0.4 is 5.32 Å². The Balaban J connectivity index is 2.05. The van der Waals surface area contributed by atoms with Gasteiger partial charge in [0.15, 0.2) is 0 Å². The molecule has 0 aromatic heterocycles. The zero-order valence-electron chi connectivity index (χ0n) is 10.8. The van der Waals surface area contributed by atoms with E-state index >= 15 is 0 Å². The lowest BCUT2D eigenvalue weighted by atomic mass is 10.1. The Kier molecular flexibility index (Phi) is 4.17. The minimum atomic E-state index is -0.0868. The Morgan fingerprint density at radius 2 is 2.22 bits per heavy atom. The second-order valence-electron chi connectivity index (χ2n) is 4.79. The zero-order chi connectivity index (χ0) is 13.1. The summed E-state index contributed by atoms with van der Waals surface area (Å²) in [6.07, 6.45) is 5.49. The zero-order valence-corrected chi connectivity index (χ0v) is 11.6. The van der Waals surface area contributed by atoms with E-state index in [9.17, 15) is 9.90 Å². The molecule has 3 nitrogen and oxygen atoms in total. The summed E-state index contributed by atoms with van der Waals surface area (Å²) in [7, 11) is 0. The van der Waals surface area contributed by atoms with E-state index < -0.39 is 0 Å². The van der Waals surface area contributed by atoms with E-state index in [2.05, 4.69) is 11.6 Å². The van der Waals surface area contributed by atoms with Crippen LogP contribution in [0.4, 0.5) is 0 Å². The fourth-order valence-electron chi connectivity index (χ4n) is 2.38. The molecule has 1 aromatic carbocycles. The lowest BCUT2D eigenvalue weighted by molar-refractivity contribution is 0.0938. The molecule has 0 spiro atoms. The predicted molar refractivity (Wildman–Crippen MR) is 75.3 cm³/mol. The van der Waals surface area contributed by atoms with Crippen molar-refractivity contribution in [2.75, 3.05) is 6.26 Å². The molecule has 1 aromatic rings. The number of aryl methyl sites for hydroxylation is 1. The summed E-state index contributed by atoms with van der Waals surface area (Å²) < 4.78 is 0. The van der Waals surface area contributed by atoms with Crippen LogP contribution in [0.3, 0.4) is 0 Å². The van der Waals surface area contributed by atoms with Crippen molar-refractivity contribution < 1.29 is 9.90 Å². The number of phenolic OH excluding ortho intramolecular Hbond substituents is 1. The van der Waals surface area contributed by atoms with Crippen molar-refractivity contribution in [3.8, 4) is 5.75 Å². The standard InChI is InChI=1S/C14H19NO2S/c1-9-6-7-10(8-12(9)16)14(17)15-11-4-3-5-13(11)18-2/h6-8,11,13,16H,3-5H2,1-2H3,(H,15,17). The third kappa shape index (κ3) is 2.80. The normalized spacial score (nSPS) is 23.0. The Morgan fingerprint density at radius 3 is 2.89 bits per heavy atom. The molecule has 1 fully saturated rings. The number of rotatable bonds is 3. The molecule has 1 aliphatic rings. The maximum absolute atomic E-state index is 12.1. The average Bonchev–Trinajstić information content (AvgIpc) is 2.79. The molecule has 2 unspecified atom stereocenters. The molecule has 4 heteroatoms. The molecule has 1 amide bonds. The molecule has 0 aliphatic heterocycles. The number of nitrogens with one attached hydrogen (secondary N) is 1. The summed E-state index contributed by atoms with van der Waals surface area (Å²) in [5.41, 5.74) is 1.32. The van der Waals surface area contributed by atoms with Gasteiger partial charge in [0.25, 0.3) is 5.91 Å². The van der Waals surface area contributed by atoms with Crippen molar-refractivity contribution in [3.05, 3.63) is 29.3 Å². The molecular formula is C14H19NO2S. The van der Waals surface area contributed by atoms with Crippen LogP contribution in [-0.2, 0) is 0 Å². The van der Waals surface area contributed by atoms with Crippen LogP contribution >= 0.6 is 11.8 Å². The van der Waals surface area contributed by atoms with E-state index in [-0.39, 0.29) is 17.7 Å². The summed E-state index contributed by atoms with van der Waals surface area (Å²) in [4.78, 5) is 12.1. The number of carbonyl (C=O) groups excluding carboxylic acids is 1. The monoisotopic (exact) mass is 265 g/mol. The largest absolute Gasteiger partial charge is 0.508 e. The number of hydrogen-bond acceptors (Lipinski definition) is 3. The molecule has 18 heavy (non-hydrogen) atoms. The van der Waals surface area contributed by atoms with Gasteiger partial charge in [0.05, 0.1) is 0 Å². The van der Waals surface area contributed by atoms with E-state index in [4.69, 9.17) is 0 Å². The number of carbonyl (C=O) groups is 1. The number of amides is 1. The molecule has 0 saturated heterocycles. The van der Waals surface area contributed by atoms with Crippen LogP contribution in [0.25, 0.3) is 0 Å². The Labute approximate surface area is 112 Å². The maximum atomic E-state index is 12.1. The second-order valence-corrected chi connectivity index (χ2v) is 5.86. The first-order chi connectivity index (χ1) is 8.61. The molecule has 0 radical (unpaired) electrons. The minimum Gasteiger partial charge on any atom is -0.508 e. The van der Waals surface area contributed by atoms with Crippen LogP contribution in [-0.4, -0.2) is 28.6 Å². The van der Waals surface area contributed by atoms with Gasteiger partial charge in [-0.25, -0.2) is 0 Å². The summed E-state index contributed by atoms with van der Waals surface area (Å²) in [5.74, 6) is 0.0896. The third-order valence-corrected chi connectivity index (χ3v) is 4.71. The number of thioether (sulfide) groups is 1. The van der Waals surface area contributed by atoms with Gasteiger partial charge >= 0.3 is 0 Å². The summed E-state index contributed by atoms with van der Waals surface area (Å²) in [6, 6.07) is 5.32. The highest BCUT2D eigenvalue weighted by Gasteiger charge is 2.28. The average molecular weight is 265 g/mol. The van der Waals surface area contributed by atoms with Crippen molar-refractivity contribution in [1.29, 1.82) is 0 Å². The van der Waals surface area contributed by atoms with Gasteiger partial charge in [0, 0.05) is 16.9 Å². The van der Waals surface area contributed by atoms with E-state index in [1.807, 2.05) is 18.7 Å². The molecule has 2 atom stereocenters. The van der Waals surface area contributed by atoms with E-state index in [0.29, 0.717) is 10.8 Å². The van der Waals surface area contributed by atoms with Gasteiger partial charge in [0.2, 0.25) is 0 Å². The van der Waals surface area contributed by atoms with Gasteiger partial charge < -0.3 is 10.4 Å². The lowest BCUT2D eigenvalue weighted by Gasteiger charge is -2.19. The highest BCUT2D eigenvalue weighted by atomic mass is 32.2. The fourth-order valence-corrected chi connectivity index (χ4v) is 3.31. The van der Waals surface area contributed by atoms with Crippen molar-refractivity contribution in [3.63, 3.8) is 0 Å². The molecule has 2 N–H and O–H groups in total. The number of phenols is 1. The van der Waals surface area contributed by atoms with Gasteiger partial charge in [-0.1, -0.05) is 12.5 Å². The molecule has 0 heterocycles. The second kappa shape index (κ2) is 5.65. The number of aromatic hydroxyl groups is 1. The van der Waals surface area contributed by atoms with Crippen molar-refractivity contribution in [2.24, 2.45) is 0 Å². The highest BCUT2D eigenvalue weighted by molar-refractivity contribution is 7.99. The number of benzene rings is 1. The van der Waals surface area contributed by atoms with Gasteiger partial charge in [0.1, 0.15) is 5.75 Å². The van der Waals surface area contributed by atoms with Gasteiger partial charge in [-0.2, -0.15) is 11.8 Å². The van der Waals surface area contributed by atoms with Crippen LogP contribution in [0.5, 0.6) is 5.75 Å². The van der Waals surface area contributed by atoms with Crippen molar-refractivity contribution >= 4 is 17.7 Å². The van der Waals surface area contributed by atoms with Gasteiger partial charge in [-0.3, -0.25) is 4.79 Å². The van der Waals surface area contributed by atoms with Crippen LogP contribution in [0.1, 0.15) is 35.2 Å². The van der Waals surface area contributed by atoms with E-state index in [1.54, 1.807) is 12.1 Å². The van der Waals surface area contributed by atoms with Crippen LogP contribution in [0, 0.1) is 6.92 Å². The Hall–Kier alpha value is -1.16. The smallest absolute Gasteiger partial charge is 0.251 e. The van der Waals surface area contributed by atoms with Gasteiger partial charge in [-0.05, 0) is 43.7 Å². The summed E-state index contributed by atoms with van der Waals surface area (Å²) in [6.45, 7) is 1.82. The first kappa shape index (κ1) is 13.3. The van der Waals surface area contributed by atoms with E-state index in [1.165, 1.54) is 18.9 Å². The lowest BCUT2D eigenvalue weighted by Crippen LogP contribution is -2.38. The Morgan fingerprint density at radius 1 is 1.44 bits per heavy atom. The SMILES string of the molecule is CSC1CCCC1NC(=O)c1ccc(C)c(O)c1. The van der Waals surface area contributed by atoms with Crippen molar-refractivity contribution in [1.82, 2.24) is 5.32 Å².